The zero-order valence-corrected chi connectivity index (χ0v) is 20.7. The molecular weight excluding hydrogens is 434 g/mol. The number of nitrogens with zero attached hydrogens (tertiary/aromatic N) is 2. The first-order valence-electron chi connectivity index (χ1n) is 11.3. The van der Waals surface area contributed by atoms with Crippen LogP contribution in [0.5, 0.6) is 0 Å². The van der Waals surface area contributed by atoms with Gasteiger partial charge in [0.05, 0.1) is 16.7 Å². The van der Waals surface area contributed by atoms with E-state index in [9.17, 15) is 14.4 Å². The Bertz CT molecular complexity index is 1250. The van der Waals surface area contributed by atoms with Crippen molar-refractivity contribution in [3.8, 4) is 0 Å². The number of amides is 1. The van der Waals surface area contributed by atoms with Gasteiger partial charge in [-0.1, -0.05) is 50.2 Å². The van der Waals surface area contributed by atoms with E-state index in [1.165, 1.54) is 11.8 Å². The lowest BCUT2D eigenvalue weighted by atomic mass is 10.0. The average Bonchev–Trinajstić information content (AvgIpc) is 2.78. The molecule has 2 aromatic carbocycles. The molecule has 3 aromatic rings. The summed E-state index contributed by atoms with van der Waals surface area (Å²) in [7, 11) is 0. The van der Waals surface area contributed by atoms with Crippen LogP contribution >= 0.6 is 11.8 Å². The summed E-state index contributed by atoms with van der Waals surface area (Å²) in [6, 6.07) is 10.8. The van der Waals surface area contributed by atoms with E-state index in [1.54, 1.807) is 22.8 Å². The maximum atomic E-state index is 13.3. The van der Waals surface area contributed by atoms with Crippen molar-refractivity contribution < 1.29 is 9.59 Å². The molecule has 1 aromatic heterocycles. The normalized spacial score (nSPS) is 11.2. The summed E-state index contributed by atoms with van der Waals surface area (Å²) in [6.07, 6.45) is 0.840. The van der Waals surface area contributed by atoms with Gasteiger partial charge in [-0.15, -0.1) is 0 Å². The molecule has 1 heterocycles. The van der Waals surface area contributed by atoms with Gasteiger partial charge >= 0.3 is 0 Å². The molecule has 0 aliphatic heterocycles. The van der Waals surface area contributed by atoms with Crippen LogP contribution in [0, 0.1) is 19.8 Å². The third kappa shape index (κ3) is 5.90. The van der Waals surface area contributed by atoms with Crippen molar-refractivity contribution in [2.45, 2.75) is 52.7 Å². The van der Waals surface area contributed by atoms with Gasteiger partial charge in [0.15, 0.2) is 10.9 Å². The summed E-state index contributed by atoms with van der Waals surface area (Å²) >= 11 is 1.27. The van der Waals surface area contributed by atoms with Crippen LogP contribution in [-0.4, -0.2) is 33.5 Å². The van der Waals surface area contributed by atoms with Gasteiger partial charge in [-0.25, -0.2) is 4.98 Å². The molecule has 3 rings (SSSR count). The fraction of sp³-hybridized carbons (Fsp3) is 0.385. The number of Topliss-reactive ketones (excluding diaryl/α,β-unsaturated/α-hetero) is 1. The second-order valence-electron chi connectivity index (χ2n) is 8.72. The monoisotopic (exact) mass is 465 g/mol. The minimum atomic E-state index is -0.189. The highest BCUT2D eigenvalue weighted by atomic mass is 32.2. The maximum Gasteiger partial charge on any atom is 0.262 e. The Morgan fingerprint density at radius 2 is 1.88 bits per heavy atom. The molecule has 0 spiro atoms. The van der Waals surface area contributed by atoms with Gasteiger partial charge in [-0.3, -0.25) is 19.0 Å². The van der Waals surface area contributed by atoms with Crippen LogP contribution in [0.15, 0.2) is 46.3 Å². The van der Waals surface area contributed by atoms with Crippen molar-refractivity contribution in [2.24, 2.45) is 5.92 Å². The second kappa shape index (κ2) is 10.8. The first-order valence-corrected chi connectivity index (χ1v) is 12.3. The van der Waals surface area contributed by atoms with E-state index in [0.29, 0.717) is 40.3 Å². The van der Waals surface area contributed by atoms with Crippen LogP contribution < -0.4 is 10.9 Å². The molecule has 0 bridgehead atoms. The number of carbonyl (C=O) groups is 2. The number of nitrogens with one attached hydrogen (secondary N) is 1. The van der Waals surface area contributed by atoms with Crippen molar-refractivity contribution in [3.63, 3.8) is 0 Å². The molecular formula is C26H31N3O3S. The molecule has 0 radical (unpaired) electrons. The number of fused-ring (bicyclic) bond motifs is 1. The summed E-state index contributed by atoms with van der Waals surface area (Å²) in [4.78, 5) is 43.3. The minimum Gasteiger partial charge on any atom is -0.352 e. The summed E-state index contributed by atoms with van der Waals surface area (Å²) in [6.45, 7) is 11.0. The van der Waals surface area contributed by atoms with Gasteiger partial charge in [0, 0.05) is 24.2 Å². The number of aromatic nitrogens is 2. The molecule has 0 aliphatic carbocycles. The van der Waals surface area contributed by atoms with Gasteiger partial charge in [-0.2, -0.15) is 0 Å². The van der Waals surface area contributed by atoms with E-state index in [-0.39, 0.29) is 28.9 Å². The number of hydrogen-bond donors (Lipinski definition) is 1. The Morgan fingerprint density at radius 3 is 2.58 bits per heavy atom. The van der Waals surface area contributed by atoms with E-state index in [4.69, 9.17) is 4.98 Å². The Kier molecular flexibility index (Phi) is 8.08. The predicted molar refractivity (Wildman–Crippen MR) is 134 cm³/mol. The highest BCUT2D eigenvalue weighted by molar-refractivity contribution is 7.99. The topological polar surface area (TPSA) is 81.1 Å². The molecule has 0 saturated carbocycles. The predicted octanol–water partition coefficient (Wildman–Crippen LogP) is 4.78. The molecule has 7 heteroatoms. The summed E-state index contributed by atoms with van der Waals surface area (Å²) in [5.41, 5.74) is 3.42. The minimum absolute atomic E-state index is 0.000614. The second-order valence-corrected chi connectivity index (χ2v) is 9.66. The average molecular weight is 466 g/mol. The fourth-order valence-corrected chi connectivity index (χ4v) is 4.45. The molecule has 0 aliphatic rings. The standard InChI is InChI=1S/C26H31N3O3S/c1-6-11-27-24(31)19-9-10-20-22(13-19)28-26(29(25(20)32)14-16(2)3)33-15-23(30)21-12-17(4)7-8-18(21)5/h7-10,12-13,16H,6,11,14-15H2,1-5H3,(H,27,31). The van der Waals surface area contributed by atoms with Crippen LogP contribution in [0.3, 0.4) is 0 Å². The number of benzene rings is 2. The molecule has 0 saturated heterocycles. The van der Waals surface area contributed by atoms with E-state index in [1.807, 2.05) is 52.8 Å². The third-order valence-electron chi connectivity index (χ3n) is 5.29. The van der Waals surface area contributed by atoms with E-state index in [2.05, 4.69) is 5.32 Å². The van der Waals surface area contributed by atoms with Gasteiger partial charge in [-0.05, 0) is 56.0 Å². The molecule has 33 heavy (non-hydrogen) atoms. The number of ketones is 1. The molecule has 0 atom stereocenters. The molecule has 1 amide bonds. The SMILES string of the molecule is CCCNC(=O)c1ccc2c(=O)n(CC(C)C)c(SCC(=O)c3cc(C)ccc3C)nc2c1. The summed E-state index contributed by atoms with van der Waals surface area (Å²) in [5, 5.41) is 3.81. The largest absolute Gasteiger partial charge is 0.352 e. The zero-order valence-electron chi connectivity index (χ0n) is 19.9. The van der Waals surface area contributed by atoms with Crippen molar-refractivity contribution in [2.75, 3.05) is 12.3 Å². The Labute approximate surface area is 198 Å². The molecule has 174 valence electrons. The van der Waals surface area contributed by atoms with Crippen molar-refractivity contribution in [1.82, 2.24) is 14.9 Å². The first-order chi connectivity index (χ1) is 15.7. The van der Waals surface area contributed by atoms with Crippen LogP contribution in [0.2, 0.25) is 0 Å². The Balaban J connectivity index is 1.98. The van der Waals surface area contributed by atoms with Crippen LogP contribution in [0.25, 0.3) is 10.9 Å². The Morgan fingerprint density at radius 1 is 1.12 bits per heavy atom. The zero-order chi connectivity index (χ0) is 24.1. The van der Waals surface area contributed by atoms with Crippen LogP contribution in [-0.2, 0) is 6.54 Å². The lowest BCUT2D eigenvalue weighted by Crippen LogP contribution is -2.27. The van der Waals surface area contributed by atoms with E-state index in [0.717, 1.165) is 17.5 Å². The first kappa shape index (κ1) is 24.7. The smallest absolute Gasteiger partial charge is 0.262 e. The van der Waals surface area contributed by atoms with E-state index >= 15 is 0 Å². The number of thioether (sulfide) groups is 1. The number of rotatable bonds is 9. The van der Waals surface area contributed by atoms with Crippen LogP contribution in [0.4, 0.5) is 0 Å². The van der Waals surface area contributed by atoms with Gasteiger partial charge < -0.3 is 5.32 Å². The van der Waals surface area contributed by atoms with Gasteiger partial charge in [0.2, 0.25) is 0 Å². The molecule has 1 N–H and O–H groups in total. The lowest BCUT2D eigenvalue weighted by molar-refractivity contribution is 0.0952. The van der Waals surface area contributed by atoms with Gasteiger partial charge in [0.25, 0.3) is 11.5 Å². The highest BCUT2D eigenvalue weighted by Crippen LogP contribution is 2.22. The third-order valence-corrected chi connectivity index (χ3v) is 6.27. The van der Waals surface area contributed by atoms with Crippen LogP contribution in [0.1, 0.15) is 59.0 Å². The summed E-state index contributed by atoms with van der Waals surface area (Å²) < 4.78 is 1.64. The van der Waals surface area contributed by atoms with E-state index < -0.39 is 0 Å². The van der Waals surface area contributed by atoms with Gasteiger partial charge in [0.1, 0.15) is 0 Å². The number of aryl methyl sites for hydroxylation is 2. The lowest BCUT2D eigenvalue weighted by Gasteiger charge is -2.15. The van der Waals surface area contributed by atoms with Crippen molar-refractivity contribution in [1.29, 1.82) is 0 Å². The summed E-state index contributed by atoms with van der Waals surface area (Å²) in [5.74, 6) is 0.220. The quantitative estimate of drug-likeness (QED) is 0.279. The number of carbonyl (C=O) groups excluding carboxylic acids is 2. The van der Waals surface area contributed by atoms with Crippen molar-refractivity contribution in [3.05, 3.63) is 69.0 Å². The fourth-order valence-electron chi connectivity index (χ4n) is 3.56. The van der Waals surface area contributed by atoms with Crippen molar-refractivity contribution >= 4 is 34.4 Å². The number of hydrogen-bond acceptors (Lipinski definition) is 5. The Hall–Kier alpha value is -2.93. The maximum absolute atomic E-state index is 13.3. The molecule has 0 unspecified atom stereocenters. The molecule has 6 nitrogen and oxygen atoms in total. The molecule has 0 fully saturated rings. The highest BCUT2D eigenvalue weighted by Gasteiger charge is 2.17.